The molecule has 0 N–H and O–H groups in total. The van der Waals surface area contributed by atoms with E-state index in [1.54, 1.807) is 0 Å². The fourth-order valence-corrected chi connectivity index (χ4v) is 2.81. The minimum absolute atomic E-state index is 0.800. The molecule has 0 aromatic rings. The van der Waals surface area contributed by atoms with Crippen LogP contribution in [0.15, 0.2) is 0 Å². The zero-order valence-electron chi connectivity index (χ0n) is 5.45. The van der Waals surface area contributed by atoms with Gasteiger partial charge in [0.15, 0.2) is 0 Å². The Hall–Kier alpha value is 0.960. The third-order valence-electron chi connectivity index (χ3n) is 1.94. The predicted octanol–water partition coefficient (Wildman–Crippen LogP) is 3.34. The maximum absolute atomic E-state index is 3.65. The molecule has 0 saturated heterocycles. The average Bonchev–Trinajstić information content (AvgIpc) is 1.88. The van der Waals surface area contributed by atoms with Crippen molar-refractivity contribution in [3.05, 3.63) is 0 Å². The van der Waals surface area contributed by atoms with Crippen LogP contribution in [-0.4, -0.2) is 10.2 Å². The molecule has 54 valence electrons. The van der Waals surface area contributed by atoms with E-state index >= 15 is 0 Å². The van der Waals surface area contributed by atoms with Crippen molar-refractivity contribution in [1.29, 1.82) is 0 Å². The molecule has 2 atom stereocenters. The summed E-state index contributed by atoms with van der Waals surface area (Å²) in [6, 6.07) is 0. The highest BCUT2D eigenvalue weighted by Crippen LogP contribution is 2.29. The fraction of sp³-hybridized carbons (Fsp3) is 1.00. The SMILES string of the molecule is BrCC1CCCC(Br)C1. The Morgan fingerprint density at radius 2 is 2.11 bits per heavy atom. The second-order valence-corrected chi connectivity index (χ2v) is 4.73. The second kappa shape index (κ2) is 3.97. The van der Waals surface area contributed by atoms with Crippen LogP contribution >= 0.6 is 31.9 Å². The lowest BCUT2D eigenvalue weighted by Crippen LogP contribution is -2.15. The molecular weight excluding hydrogens is 244 g/mol. The van der Waals surface area contributed by atoms with Gasteiger partial charge in [0, 0.05) is 10.2 Å². The first-order valence-electron chi connectivity index (χ1n) is 3.53. The topological polar surface area (TPSA) is 0 Å². The molecular formula is C7H12Br2. The zero-order chi connectivity index (χ0) is 6.69. The lowest BCUT2D eigenvalue weighted by atomic mass is 9.91. The van der Waals surface area contributed by atoms with Gasteiger partial charge in [-0.1, -0.05) is 38.3 Å². The quantitative estimate of drug-likeness (QED) is 0.631. The normalized spacial score (nSPS) is 36.7. The molecule has 0 aromatic carbocycles. The lowest BCUT2D eigenvalue weighted by molar-refractivity contribution is 0.405. The molecule has 1 saturated carbocycles. The Balaban J connectivity index is 2.23. The lowest BCUT2D eigenvalue weighted by Gasteiger charge is -2.23. The van der Waals surface area contributed by atoms with Gasteiger partial charge in [-0.3, -0.25) is 0 Å². The van der Waals surface area contributed by atoms with Crippen LogP contribution in [0.3, 0.4) is 0 Å². The van der Waals surface area contributed by atoms with Gasteiger partial charge >= 0.3 is 0 Å². The molecule has 2 unspecified atom stereocenters. The first-order valence-corrected chi connectivity index (χ1v) is 5.56. The Bertz CT molecular complexity index is 83.0. The number of hydrogen-bond acceptors (Lipinski definition) is 0. The third kappa shape index (κ3) is 2.58. The van der Waals surface area contributed by atoms with Gasteiger partial charge in [0.1, 0.15) is 0 Å². The minimum Gasteiger partial charge on any atom is -0.0925 e. The summed E-state index contributed by atoms with van der Waals surface area (Å²) in [6.45, 7) is 0. The summed E-state index contributed by atoms with van der Waals surface area (Å²) in [7, 11) is 0. The Morgan fingerprint density at radius 1 is 1.33 bits per heavy atom. The molecule has 0 radical (unpaired) electrons. The molecule has 0 amide bonds. The zero-order valence-corrected chi connectivity index (χ0v) is 8.62. The largest absolute Gasteiger partial charge is 0.0925 e. The third-order valence-corrected chi connectivity index (χ3v) is 3.68. The standard InChI is InChI=1S/C7H12Br2/c8-5-6-2-1-3-7(9)4-6/h6-7H,1-5H2. The van der Waals surface area contributed by atoms with E-state index in [0.29, 0.717) is 0 Å². The second-order valence-electron chi connectivity index (χ2n) is 2.78. The summed E-state index contributed by atoms with van der Waals surface area (Å²) < 4.78 is 0. The van der Waals surface area contributed by atoms with E-state index in [1.807, 2.05) is 0 Å². The smallest absolute Gasteiger partial charge is 0.0148 e. The van der Waals surface area contributed by atoms with Crippen LogP contribution in [-0.2, 0) is 0 Å². The summed E-state index contributed by atoms with van der Waals surface area (Å²) in [4.78, 5) is 0.800. The van der Waals surface area contributed by atoms with Gasteiger partial charge in [-0.25, -0.2) is 0 Å². The highest BCUT2D eigenvalue weighted by Gasteiger charge is 2.18. The first kappa shape index (κ1) is 8.06. The summed E-state index contributed by atoms with van der Waals surface area (Å²) in [5, 5.41) is 1.19. The number of halogens is 2. The van der Waals surface area contributed by atoms with Crippen molar-refractivity contribution < 1.29 is 0 Å². The number of rotatable bonds is 1. The van der Waals surface area contributed by atoms with E-state index in [1.165, 1.54) is 31.0 Å². The van der Waals surface area contributed by atoms with Crippen molar-refractivity contribution in [2.45, 2.75) is 30.5 Å². The summed E-state index contributed by atoms with van der Waals surface area (Å²) in [5.74, 6) is 0.933. The summed E-state index contributed by atoms with van der Waals surface area (Å²) in [6.07, 6.45) is 5.58. The van der Waals surface area contributed by atoms with Crippen LogP contribution in [0.4, 0.5) is 0 Å². The minimum atomic E-state index is 0.800. The van der Waals surface area contributed by atoms with Crippen LogP contribution in [0.2, 0.25) is 0 Å². The van der Waals surface area contributed by atoms with Gasteiger partial charge in [-0.05, 0) is 25.2 Å². The Kier molecular flexibility index (Phi) is 3.55. The summed E-state index contributed by atoms with van der Waals surface area (Å²) in [5.41, 5.74) is 0. The fourth-order valence-electron chi connectivity index (χ4n) is 1.37. The van der Waals surface area contributed by atoms with Gasteiger partial charge in [0.2, 0.25) is 0 Å². The molecule has 1 rings (SSSR count). The Labute approximate surface area is 73.7 Å². The van der Waals surface area contributed by atoms with Gasteiger partial charge < -0.3 is 0 Å². The van der Waals surface area contributed by atoms with Crippen molar-refractivity contribution in [3.63, 3.8) is 0 Å². The van der Waals surface area contributed by atoms with Crippen molar-refractivity contribution >= 4 is 31.9 Å². The van der Waals surface area contributed by atoms with E-state index in [9.17, 15) is 0 Å². The van der Waals surface area contributed by atoms with Crippen LogP contribution in [0.5, 0.6) is 0 Å². The molecule has 1 aliphatic rings. The molecule has 0 nitrogen and oxygen atoms in total. The maximum Gasteiger partial charge on any atom is 0.0148 e. The molecule has 0 spiro atoms. The first-order chi connectivity index (χ1) is 4.33. The van der Waals surface area contributed by atoms with E-state index in [4.69, 9.17) is 0 Å². The molecule has 1 fully saturated rings. The highest BCUT2D eigenvalue weighted by atomic mass is 79.9. The maximum atomic E-state index is 3.65. The predicted molar refractivity (Wildman–Crippen MR) is 48.5 cm³/mol. The van der Waals surface area contributed by atoms with Crippen LogP contribution in [0, 0.1) is 5.92 Å². The Morgan fingerprint density at radius 3 is 2.56 bits per heavy atom. The average molecular weight is 256 g/mol. The monoisotopic (exact) mass is 254 g/mol. The van der Waals surface area contributed by atoms with Crippen LogP contribution in [0.25, 0.3) is 0 Å². The van der Waals surface area contributed by atoms with Crippen molar-refractivity contribution in [2.75, 3.05) is 5.33 Å². The molecule has 0 heterocycles. The van der Waals surface area contributed by atoms with Gasteiger partial charge in [0.25, 0.3) is 0 Å². The molecule has 0 aromatic heterocycles. The molecule has 2 heteroatoms. The van der Waals surface area contributed by atoms with Crippen LogP contribution in [0.1, 0.15) is 25.7 Å². The molecule has 9 heavy (non-hydrogen) atoms. The highest BCUT2D eigenvalue weighted by molar-refractivity contribution is 9.09. The molecule has 0 aliphatic heterocycles. The van der Waals surface area contributed by atoms with Gasteiger partial charge in [-0.2, -0.15) is 0 Å². The number of hydrogen-bond donors (Lipinski definition) is 0. The van der Waals surface area contributed by atoms with Crippen molar-refractivity contribution in [1.82, 2.24) is 0 Å². The van der Waals surface area contributed by atoms with E-state index in [0.717, 1.165) is 10.7 Å². The van der Waals surface area contributed by atoms with E-state index in [2.05, 4.69) is 31.9 Å². The van der Waals surface area contributed by atoms with Gasteiger partial charge in [-0.15, -0.1) is 0 Å². The van der Waals surface area contributed by atoms with Crippen LogP contribution < -0.4 is 0 Å². The van der Waals surface area contributed by atoms with Gasteiger partial charge in [0.05, 0.1) is 0 Å². The van der Waals surface area contributed by atoms with Crippen molar-refractivity contribution in [2.24, 2.45) is 5.92 Å². The molecule has 0 bridgehead atoms. The number of alkyl halides is 2. The van der Waals surface area contributed by atoms with Crippen molar-refractivity contribution in [3.8, 4) is 0 Å². The molecule has 1 aliphatic carbocycles. The van der Waals surface area contributed by atoms with E-state index in [-0.39, 0.29) is 0 Å². The van der Waals surface area contributed by atoms with E-state index < -0.39 is 0 Å². The summed E-state index contributed by atoms with van der Waals surface area (Å²) >= 11 is 7.17.